The summed E-state index contributed by atoms with van der Waals surface area (Å²) in [6.07, 6.45) is 10.6. The Morgan fingerprint density at radius 1 is 1.26 bits per heavy atom. The molecule has 1 aliphatic rings. The van der Waals surface area contributed by atoms with Crippen LogP contribution in [0.15, 0.2) is 42.6 Å². The number of amides is 1. The first kappa shape index (κ1) is 15.5. The maximum Gasteiger partial charge on any atom is 0.249 e. The Labute approximate surface area is 135 Å². The molecule has 0 radical (unpaired) electrons. The molecule has 0 bridgehead atoms. The lowest BCUT2D eigenvalue weighted by Gasteiger charge is -2.23. The molecule has 1 fully saturated rings. The fourth-order valence-electron chi connectivity index (χ4n) is 2.98. The summed E-state index contributed by atoms with van der Waals surface area (Å²) in [5.74, 6) is 0.153. The molecule has 2 aromatic rings. The number of nitrogens with zero attached hydrogens (tertiary/aromatic N) is 2. The van der Waals surface area contributed by atoms with E-state index in [1.807, 2.05) is 10.7 Å². The van der Waals surface area contributed by atoms with Gasteiger partial charge in [-0.15, -0.1) is 0 Å². The average molecular weight is 313 g/mol. The zero-order valence-corrected chi connectivity index (χ0v) is 12.9. The second-order valence-corrected chi connectivity index (χ2v) is 5.83. The van der Waals surface area contributed by atoms with Gasteiger partial charge < -0.3 is 5.32 Å². The van der Waals surface area contributed by atoms with Gasteiger partial charge in [0.15, 0.2) is 0 Å². The molecule has 120 valence electrons. The van der Waals surface area contributed by atoms with Crippen molar-refractivity contribution in [2.45, 2.75) is 38.1 Å². The van der Waals surface area contributed by atoms with Crippen LogP contribution in [0.1, 0.15) is 43.7 Å². The topological polar surface area (TPSA) is 46.9 Å². The number of benzene rings is 1. The van der Waals surface area contributed by atoms with Gasteiger partial charge in [-0.1, -0.05) is 31.4 Å². The second-order valence-electron chi connectivity index (χ2n) is 5.83. The maximum atomic E-state index is 13.1. The Hall–Kier alpha value is -2.43. The molecule has 4 nitrogen and oxygen atoms in total. The zero-order chi connectivity index (χ0) is 16.1. The van der Waals surface area contributed by atoms with Crippen molar-refractivity contribution in [2.75, 3.05) is 5.32 Å². The van der Waals surface area contributed by atoms with Gasteiger partial charge in [0.05, 0.1) is 12.2 Å². The minimum atomic E-state index is -0.317. The Morgan fingerprint density at radius 3 is 2.87 bits per heavy atom. The number of anilines is 1. The van der Waals surface area contributed by atoms with Crippen molar-refractivity contribution in [1.82, 2.24) is 9.78 Å². The van der Waals surface area contributed by atoms with Gasteiger partial charge in [0.25, 0.3) is 0 Å². The van der Waals surface area contributed by atoms with E-state index in [2.05, 4.69) is 10.4 Å². The van der Waals surface area contributed by atoms with E-state index in [0.717, 1.165) is 12.8 Å². The summed E-state index contributed by atoms with van der Waals surface area (Å²) in [6, 6.07) is 8.30. The summed E-state index contributed by atoms with van der Waals surface area (Å²) in [4.78, 5) is 12.1. The van der Waals surface area contributed by atoms with Gasteiger partial charge in [0.1, 0.15) is 11.6 Å². The van der Waals surface area contributed by atoms with E-state index in [9.17, 15) is 9.18 Å². The van der Waals surface area contributed by atoms with Gasteiger partial charge in [-0.3, -0.25) is 4.79 Å². The molecular formula is C18H20FN3O. The van der Waals surface area contributed by atoms with Crippen LogP contribution in [-0.4, -0.2) is 15.7 Å². The third kappa shape index (κ3) is 4.06. The van der Waals surface area contributed by atoms with Crippen LogP contribution < -0.4 is 5.32 Å². The van der Waals surface area contributed by atoms with Crippen LogP contribution in [0.25, 0.3) is 6.08 Å². The van der Waals surface area contributed by atoms with E-state index in [4.69, 9.17) is 0 Å². The predicted molar refractivity (Wildman–Crippen MR) is 88.4 cm³/mol. The molecule has 1 aliphatic carbocycles. The Kier molecular flexibility index (Phi) is 4.86. The molecule has 0 saturated heterocycles. The molecule has 1 saturated carbocycles. The zero-order valence-electron chi connectivity index (χ0n) is 12.9. The minimum Gasteiger partial charge on any atom is -0.307 e. The lowest BCUT2D eigenvalue weighted by Crippen LogP contribution is -2.19. The van der Waals surface area contributed by atoms with E-state index in [1.165, 1.54) is 37.5 Å². The highest BCUT2D eigenvalue weighted by atomic mass is 19.1. The molecular weight excluding hydrogens is 293 g/mol. The van der Waals surface area contributed by atoms with Gasteiger partial charge in [0.2, 0.25) is 5.91 Å². The van der Waals surface area contributed by atoms with Crippen molar-refractivity contribution < 1.29 is 9.18 Å². The van der Waals surface area contributed by atoms with Crippen molar-refractivity contribution in [3.63, 3.8) is 0 Å². The third-order valence-corrected chi connectivity index (χ3v) is 4.12. The van der Waals surface area contributed by atoms with E-state index in [1.54, 1.807) is 24.4 Å². The van der Waals surface area contributed by atoms with Crippen molar-refractivity contribution in [3.05, 3.63) is 54.0 Å². The number of rotatable bonds is 4. The number of carbonyl (C=O) groups excluding carboxylic acids is 1. The monoisotopic (exact) mass is 313 g/mol. The molecule has 5 heteroatoms. The van der Waals surface area contributed by atoms with Crippen LogP contribution in [0.5, 0.6) is 0 Å². The van der Waals surface area contributed by atoms with E-state index in [0.29, 0.717) is 17.4 Å². The van der Waals surface area contributed by atoms with Crippen LogP contribution in [0.3, 0.4) is 0 Å². The van der Waals surface area contributed by atoms with E-state index in [-0.39, 0.29) is 11.7 Å². The molecule has 0 aliphatic heterocycles. The van der Waals surface area contributed by atoms with Gasteiger partial charge in [0, 0.05) is 12.1 Å². The largest absolute Gasteiger partial charge is 0.307 e. The molecule has 0 atom stereocenters. The van der Waals surface area contributed by atoms with Gasteiger partial charge in [-0.05, 0) is 36.6 Å². The highest BCUT2D eigenvalue weighted by Crippen LogP contribution is 2.29. The summed E-state index contributed by atoms with van der Waals surface area (Å²) in [7, 11) is 0. The average Bonchev–Trinajstić information content (AvgIpc) is 3.02. The molecule has 1 N–H and O–H groups in total. The molecule has 1 heterocycles. The number of carbonyl (C=O) groups is 1. The first-order chi connectivity index (χ1) is 11.2. The molecule has 23 heavy (non-hydrogen) atoms. The molecule has 1 aromatic heterocycles. The number of halogens is 1. The van der Waals surface area contributed by atoms with Crippen molar-refractivity contribution in [3.8, 4) is 0 Å². The van der Waals surface area contributed by atoms with Gasteiger partial charge >= 0.3 is 0 Å². The number of hydrogen-bond donors (Lipinski definition) is 1. The lowest BCUT2D eigenvalue weighted by molar-refractivity contribution is -0.111. The Balaban J connectivity index is 1.65. The first-order valence-electron chi connectivity index (χ1n) is 8.00. The van der Waals surface area contributed by atoms with Gasteiger partial charge in [-0.2, -0.15) is 5.10 Å². The summed E-state index contributed by atoms with van der Waals surface area (Å²) < 4.78 is 15.0. The SMILES string of the molecule is O=C(/C=C/c1cccc(F)c1)Nc1ccnn1C1CCCCC1. The number of nitrogens with one attached hydrogen (secondary N) is 1. The summed E-state index contributed by atoms with van der Waals surface area (Å²) in [5, 5.41) is 7.20. The quantitative estimate of drug-likeness (QED) is 0.861. The standard InChI is InChI=1S/C18H20FN3O/c19-15-6-4-5-14(13-15)9-10-18(23)21-17-11-12-20-22(17)16-7-2-1-3-8-16/h4-6,9-13,16H,1-3,7-8H2,(H,21,23)/b10-9+. The highest BCUT2D eigenvalue weighted by Gasteiger charge is 2.18. The normalized spacial score (nSPS) is 15.9. The fraction of sp³-hybridized carbons (Fsp3) is 0.333. The van der Waals surface area contributed by atoms with Crippen LogP contribution >= 0.6 is 0 Å². The van der Waals surface area contributed by atoms with Crippen LogP contribution in [0.4, 0.5) is 10.2 Å². The smallest absolute Gasteiger partial charge is 0.249 e. The molecule has 3 rings (SSSR count). The highest BCUT2D eigenvalue weighted by molar-refractivity contribution is 6.01. The van der Waals surface area contributed by atoms with Gasteiger partial charge in [-0.25, -0.2) is 9.07 Å². The number of aromatic nitrogens is 2. The predicted octanol–water partition coefficient (Wildman–Crippen LogP) is 4.18. The summed E-state index contributed by atoms with van der Waals surface area (Å²) >= 11 is 0. The van der Waals surface area contributed by atoms with Crippen molar-refractivity contribution in [2.24, 2.45) is 0 Å². The molecule has 1 aromatic carbocycles. The Bertz CT molecular complexity index is 702. The minimum absolute atomic E-state index is 0.244. The maximum absolute atomic E-state index is 13.1. The number of hydrogen-bond acceptors (Lipinski definition) is 2. The van der Waals surface area contributed by atoms with Crippen LogP contribution in [-0.2, 0) is 4.79 Å². The van der Waals surface area contributed by atoms with E-state index >= 15 is 0 Å². The molecule has 1 amide bonds. The summed E-state index contributed by atoms with van der Waals surface area (Å²) in [6.45, 7) is 0. The van der Waals surface area contributed by atoms with Crippen molar-refractivity contribution in [1.29, 1.82) is 0 Å². The lowest BCUT2D eigenvalue weighted by atomic mass is 9.96. The van der Waals surface area contributed by atoms with E-state index < -0.39 is 0 Å². The fourth-order valence-corrected chi connectivity index (χ4v) is 2.98. The Morgan fingerprint density at radius 2 is 2.09 bits per heavy atom. The first-order valence-corrected chi connectivity index (χ1v) is 8.00. The molecule has 0 unspecified atom stereocenters. The van der Waals surface area contributed by atoms with Crippen LogP contribution in [0.2, 0.25) is 0 Å². The van der Waals surface area contributed by atoms with Crippen LogP contribution in [0, 0.1) is 5.82 Å². The van der Waals surface area contributed by atoms with Crippen molar-refractivity contribution >= 4 is 17.8 Å². The second kappa shape index (κ2) is 7.22. The molecule has 0 spiro atoms. The summed E-state index contributed by atoms with van der Waals surface area (Å²) in [5.41, 5.74) is 0.654. The third-order valence-electron chi connectivity index (χ3n) is 4.12.